The molecule has 0 spiro atoms. The fraction of sp³-hybridized carbons (Fsp3) is 0.455. The van der Waals surface area contributed by atoms with Gasteiger partial charge in [-0.25, -0.2) is 0 Å². The first-order valence-corrected chi connectivity index (χ1v) is 5.58. The fourth-order valence-corrected chi connectivity index (χ4v) is 2.20. The van der Waals surface area contributed by atoms with Crippen molar-refractivity contribution in [1.29, 1.82) is 0 Å². The molecule has 0 heterocycles. The minimum atomic E-state index is 0.0231. The van der Waals surface area contributed by atoms with Crippen LogP contribution in [-0.4, -0.2) is 18.3 Å². The minimum Gasteiger partial charge on any atom is -0.394 e. The number of likely N-dealkylation sites (N-methyl/N-ethyl adjacent to an activating group) is 1. The van der Waals surface area contributed by atoms with Crippen LogP contribution in [0.25, 0.3) is 0 Å². The highest BCUT2D eigenvalue weighted by atomic mass is 79.9. The Morgan fingerprint density at radius 1 is 1.50 bits per heavy atom. The zero-order chi connectivity index (χ0) is 10.6. The van der Waals surface area contributed by atoms with Crippen LogP contribution in [0, 0.1) is 6.92 Å². The molecule has 14 heavy (non-hydrogen) atoms. The van der Waals surface area contributed by atoms with Gasteiger partial charge >= 0.3 is 0 Å². The first kappa shape index (κ1) is 11.7. The molecule has 1 rings (SSSR count). The zero-order valence-corrected chi connectivity index (χ0v) is 10.1. The highest BCUT2D eigenvalue weighted by Gasteiger charge is 2.11. The van der Waals surface area contributed by atoms with Crippen molar-refractivity contribution in [1.82, 2.24) is 5.32 Å². The highest BCUT2D eigenvalue weighted by molar-refractivity contribution is 9.10. The molecule has 0 aliphatic carbocycles. The van der Waals surface area contributed by atoms with E-state index in [1.54, 1.807) is 0 Å². The van der Waals surface area contributed by atoms with E-state index in [9.17, 15) is 5.11 Å². The van der Waals surface area contributed by atoms with Crippen molar-refractivity contribution in [2.24, 2.45) is 0 Å². The summed E-state index contributed by atoms with van der Waals surface area (Å²) in [4.78, 5) is 0. The van der Waals surface area contributed by atoms with Crippen molar-refractivity contribution in [2.75, 3.05) is 13.2 Å². The van der Waals surface area contributed by atoms with Crippen LogP contribution in [0.3, 0.4) is 0 Å². The second kappa shape index (κ2) is 5.49. The number of nitrogens with one attached hydrogen (secondary N) is 1. The molecule has 78 valence electrons. The van der Waals surface area contributed by atoms with E-state index in [4.69, 9.17) is 0 Å². The van der Waals surface area contributed by atoms with Gasteiger partial charge in [0.1, 0.15) is 0 Å². The van der Waals surface area contributed by atoms with Gasteiger partial charge in [-0.05, 0) is 30.7 Å². The zero-order valence-electron chi connectivity index (χ0n) is 8.55. The van der Waals surface area contributed by atoms with E-state index < -0.39 is 0 Å². The molecule has 1 aromatic rings. The number of aliphatic hydroxyl groups excluding tert-OH is 1. The lowest BCUT2D eigenvalue weighted by Gasteiger charge is -2.17. The van der Waals surface area contributed by atoms with Gasteiger partial charge in [0.25, 0.3) is 0 Å². The largest absolute Gasteiger partial charge is 0.394 e. The van der Waals surface area contributed by atoms with E-state index in [1.165, 1.54) is 5.56 Å². The number of benzene rings is 1. The van der Waals surface area contributed by atoms with E-state index in [0.29, 0.717) is 0 Å². The summed E-state index contributed by atoms with van der Waals surface area (Å²) in [5.41, 5.74) is 2.33. The molecule has 1 unspecified atom stereocenters. The van der Waals surface area contributed by atoms with Crippen molar-refractivity contribution in [3.8, 4) is 0 Å². The second-order valence-electron chi connectivity index (χ2n) is 3.32. The second-order valence-corrected chi connectivity index (χ2v) is 4.17. The van der Waals surface area contributed by atoms with E-state index in [1.807, 2.05) is 13.0 Å². The maximum atomic E-state index is 9.22. The number of hydrogen-bond acceptors (Lipinski definition) is 2. The molecular weight excluding hydrogens is 242 g/mol. The first-order chi connectivity index (χ1) is 6.69. The van der Waals surface area contributed by atoms with Gasteiger partial charge in [-0.2, -0.15) is 0 Å². The molecule has 1 aromatic carbocycles. The summed E-state index contributed by atoms with van der Waals surface area (Å²) in [6.45, 7) is 5.06. The standard InChI is InChI=1S/C11H16BrNO/c1-3-13-11(7-14)9-5-4-8(2)6-10(9)12/h4-6,11,13-14H,3,7H2,1-2H3. The van der Waals surface area contributed by atoms with Crippen molar-refractivity contribution in [2.45, 2.75) is 19.9 Å². The molecule has 0 saturated carbocycles. The van der Waals surface area contributed by atoms with Crippen LogP contribution in [0.4, 0.5) is 0 Å². The molecule has 0 saturated heterocycles. The smallest absolute Gasteiger partial charge is 0.0626 e. The van der Waals surface area contributed by atoms with Gasteiger partial charge in [0.2, 0.25) is 0 Å². The Morgan fingerprint density at radius 2 is 2.21 bits per heavy atom. The van der Waals surface area contributed by atoms with E-state index >= 15 is 0 Å². The molecule has 0 bridgehead atoms. The maximum absolute atomic E-state index is 9.22. The average Bonchev–Trinajstić information content (AvgIpc) is 2.15. The topological polar surface area (TPSA) is 32.3 Å². The number of aryl methyl sites for hydroxylation is 1. The molecule has 3 heteroatoms. The van der Waals surface area contributed by atoms with Crippen molar-refractivity contribution < 1.29 is 5.11 Å². The molecule has 2 nitrogen and oxygen atoms in total. The van der Waals surface area contributed by atoms with Gasteiger partial charge in [0, 0.05) is 4.47 Å². The summed E-state index contributed by atoms with van der Waals surface area (Å²) >= 11 is 3.51. The van der Waals surface area contributed by atoms with Crippen LogP contribution in [0.5, 0.6) is 0 Å². The van der Waals surface area contributed by atoms with E-state index in [0.717, 1.165) is 16.6 Å². The SMILES string of the molecule is CCNC(CO)c1ccc(C)cc1Br. The third-order valence-corrected chi connectivity index (χ3v) is 2.85. The molecular formula is C11H16BrNO. The quantitative estimate of drug-likeness (QED) is 0.869. The number of hydrogen-bond donors (Lipinski definition) is 2. The molecule has 0 aliphatic heterocycles. The molecule has 0 radical (unpaired) electrons. The molecule has 0 aromatic heterocycles. The van der Waals surface area contributed by atoms with E-state index in [2.05, 4.69) is 40.3 Å². The van der Waals surface area contributed by atoms with Crippen LogP contribution in [-0.2, 0) is 0 Å². The molecule has 0 aliphatic rings. The van der Waals surface area contributed by atoms with Crippen LogP contribution in [0.2, 0.25) is 0 Å². The molecule has 2 N–H and O–H groups in total. The number of rotatable bonds is 4. The first-order valence-electron chi connectivity index (χ1n) is 4.79. The Kier molecular flexibility index (Phi) is 4.58. The van der Waals surface area contributed by atoms with Crippen molar-refractivity contribution in [3.05, 3.63) is 33.8 Å². The van der Waals surface area contributed by atoms with Crippen molar-refractivity contribution in [3.63, 3.8) is 0 Å². The molecule has 0 fully saturated rings. The van der Waals surface area contributed by atoms with Gasteiger partial charge < -0.3 is 10.4 Å². The number of aliphatic hydroxyl groups is 1. The summed E-state index contributed by atoms with van der Waals surface area (Å²) in [5.74, 6) is 0. The maximum Gasteiger partial charge on any atom is 0.0626 e. The predicted molar refractivity (Wildman–Crippen MR) is 62.4 cm³/mol. The molecule has 1 atom stereocenters. The third-order valence-electron chi connectivity index (χ3n) is 2.16. The predicted octanol–water partition coefficient (Wildman–Crippen LogP) is 2.40. The van der Waals surface area contributed by atoms with Gasteiger partial charge in [-0.1, -0.05) is 35.0 Å². The van der Waals surface area contributed by atoms with Crippen LogP contribution >= 0.6 is 15.9 Å². The summed E-state index contributed by atoms with van der Waals surface area (Å²) in [6.07, 6.45) is 0. The highest BCUT2D eigenvalue weighted by Crippen LogP contribution is 2.24. The lowest BCUT2D eigenvalue weighted by Crippen LogP contribution is -2.24. The van der Waals surface area contributed by atoms with Gasteiger partial charge in [-0.3, -0.25) is 0 Å². The van der Waals surface area contributed by atoms with Crippen LogP contribution in [0.15, 0.2) is 22.7 Å². The Hall–Kier alpha value is -0.380. The average molecular weight is 258 g/mol. The lowest BCUT2D eigenvalue weighted by atomic mass is 10.1. The minimum absolute atomic E-state index is 0.0231. The summed E-state index contributed by atoms with van der Waals surface area (Å²) in [5, 5.41) is 12.4. The Morgan fingerprint density at radius 3 is 2.71 bits per heavy atom. The van der Waals surface area contributed by atoms with Gasteiger partial charge in [0.05, 0.1) is 12.6 Å². The van der Waals surface area contributed by atoms with Crippen LogP contribution < -0.4 is 5.32 Å². The summed E-state index contributed by atoms with van der Waals surface area (Å²) < 4.78 is 1.05. The monoisotopic (exact) mass is 257 g/mol. The Balaban J connectivity index is 2.92. The van der Waals surface area contributed by atoms with Gasteiger partial charge in [-0.15, -0.1) is 0 Å². The summed E-state index contributed by atoms with van der Waals surface area (Å²) in [6, 6.07) is 6.19. The third kappa shape index (κ3) is 2.80. The normalized spacial score (nSPS) is 12.9. The fourth-order valence-electron chi connectivity index (χ4n) is 1.43. The molecule has 0 amide bonds. The van der Waals surface area contributed by atoms with Crippen LogP contribution in [0.1, 0.15) is 24.1 Å². The van der Waals surface area contributed by atoms with Crippen molar-refractivity contribution >= 4 is 15.9 Å². The summed E-state index contributed by atoms with van der Waals surface area (Å²) in [7, 11) is 0. The Labute approximate surface area is 93.5 Å². The van der Waals surface area contributed by atoms with Gasteiger partial charge in [0.15, 0.2) is 0 Å². The van der Waals surface area contributed by atoms with E-state index in [-0.39, 0.29) is 12.6 Å². The lowest BCUT2D eigenvalue weighted by molar-refractivity contribution is 0.246. The number of halogens is 1. The Bertz CT molecular complexity index is 301.